The van der Waals surface area contributed by atoms with Gasteiger partial charge in [0.05, 0.1) is 12.0 Å². The first-order valence-corrected chi connectivity index (χ1v) is 9.95. The van der Waals surface area contributed by atoms with Crippen LogP contribution < -0.4 is 15.3 Å². The Kier molecular flexibility index (Phi) is 5.40. The molecule has 0 N–H and O–H groups in total. The van der Waals surface area contributed by atoms with Gasteiger partial charge in [0, 0.05) is 18.2 Å². The third-order valence-electron chi connectivity index (χ3n) is 5.34. The summed E-state index contributed by atoms with van der Waals surface area (Å²) >= 11 is 0. The quantitative estimate of drug-likeness (QED) is 0.711. The summed E-state index contributed by atoms with van der Waals surface area (Å²) in [6.07, 6.45) is 5.11. The Labute approximate surface area is 165 Å². The molecule has 1 aromatic carbocycles. The van der Waals surface area contributed by atoms with E-state index in [9.17, 15) is 4.79 Å². The second-order valence-electron chi connectivity index (χ2n) is 7.65. The first-order valence-electron chi connectivity index (χ1n) is 9.95. The number of pyridine rings is 1. The minimum atomic E-state index is 0.115. The van der Waals surface area contributed by atoms with Crippen LogP contribution in [0.15, 0.2) is 48.6 Å². The molecule has 0 spiro atoms. The maximum atomic E-state index is 12.7. The summed E-state index contributed by atoms with van der Waals surface area (Å²) in [5.74, 6) is 0.984. The van der Waals surface area contributed by atoms with Crippen LogP contribution in [0, 0.1) is 0 Å². The summed E-state index contributed by atoms with van der Waals surface area (Å²) in [5, 5.41) is 1.91. The fourth-order valence-corrected chi connectivity index (χ4v) is 3.85. The molecule has 1 aromatic heterocycles. The van der Waals surface area contributed by atoms with Crippen LogP contribution in [-0.2, 0) is 0 Å². The lowest BCUT2D eigenvalue weighted by Crippen LogP contribution is -2.35. The number of allylic oxidation sites excluding steroid dienone is 1. The highest BCUT2D eigenvalue weighted by atomic mass is 16.5. The molecule has 2 aliphatic rings. The average Bonchev–Trinajstić information content (AvgIpc) is 2.70. The van der Waals surface area contributed by atoms with Crippen molar-refractivity contribution in [1.29, 1.82) is 0 Å². The topological polar surface area (TPSA) is 42.4 Å². The largest absolute Gasteiger partial charge is 0.494 e. The summed E-state index contributed by atoms with van der Waals surface area (Å²) < 4.78 is 5.99. The minimum Gasteiger partial charge on any atom is -0.494 e. The van der Waals surface area contributed by atoms with Crippen molar-refractivity contribution in [3.63, 3.8) is 0 Å². The number of rotatable bonds is 0. The molecule has 4 bridgehead atoms. The van der Waals surface area contributed by atoms with Gasteiger partial charge in [0.25, 0.3) is 0 Å². The lowest BCUT2D eigenvalue weighted by Gasteiger charge is -2.18. The highest BCUT2D eigenvalue weighted by molar-refractivity contribution is 5.94. The number of ether oxygens (including phenoxy) is 1. The van der Waals surface area contributed by atoms with Crippen molar-refractivity contribution in [2.45, 2.75) is 25.7 Å². The molecule has 4 rings (SSSR count). The number of ketones is 1. The molecular formula is C24H26N2O2. The summed E-state index contributed by atoms with van der Waals surface area (Å²) in [5.41, 5.74) is 3.79. The number of hydrogen-bond acceptors (Lipinski definition) is 4. The molecular weight excluding hydrogens is 348 g/mol. The molecule has 0 fully saturated rings. The first kappa shape index (κ1) is 18.6. The van der Waals surface area contributed by atoms with Crippen molar-refractivity contribution in [2.24, 2.45) is 0 Å². The van der Waals surface area contributed by atoms with E-state index < -0.39 is 0 Å². The number of hydrogen-bond donors (Lipinski definition) is 0. The Bertz CT molecular complexity index is 1040. The number of carbonyl (C=O) groups is 1. The summed E-state index contributed by atoms with van der Waals surface area (Å²) in [7, 11) is 2.09. The van der Waals surface area contributed by atoms with E-state index in [4.69, 9.17) is 9.72 Å². The first-order chi connectivity index (χ1) is 13.6. The van der Waals surface area contributed by atoms with Crippen LogP contribution in [0.4, 0.5) is 0 Å². The zero-order chi connectivity index (χ0) is 19.5. The molecule has 0 saturated heterocycles. The predicted molar refractivity (Wildman–Crippen MR) is 112 cm³/mol. The molecule has 0 saturated carbocycles. The highest BCUT2D eigenvalue weighted by Gasteiger charge is 2.15. The van der Waals surface area contributed by atoms with Gasteiger partial charge < -0.3 is 9.64 Å². The molecule has 2 aromatic rings. The van der Waals surface area contributed by atoms with E-state index in [0.717, 1.165) is 65.4 Å². The van der Waals surface area contributed by atoms with Crippen LogP contribution in [0.3, 0.4) is 0 Å². The van der Waals surface area contributed by atoms with Crippen molar-refractivity contribution in [3.05, 3.63) is 70.4 Å². The van der Waals surface area contributed by atoms with Gasteiger partial charge in [0.15, 0.2) is 5.78 Å². The molecule has 0 radical (unpaired) electrons. The van der Waals surface area contributed by atoms with Crippen LogP contribution in [-0.4, -0.2) is 42.4 Å². The number of Topliss-reactive ketones (excluding diaryl/α,β-unsaturated/α-hetero) is 1. The van der Waals surface area contributed by atoms with Crippen LogP contribution in [0.25, 0.3) is 11.6 Å². The van der Waals surface area contributed by atoms with Gasteiger partial charge in [-0.25, -0.2) is 4.98 Å². The Hall–Kier alpha value is -2.72. The van der Waals surface area contributed by atoms with E-state index in [0.29, 0.717) is 18.7 Å². The molecule has 28 heavy (non-hydrogen) atoms. The predicted octanol–water partition coefficient (Wildman–Crippen LogP) is 2.70. The SMILES string of the molecule is C=C1C=c2ccc3nc2=C(C1)c1cccc(c1)OCCCN(C)CCCC3=O. The third kappa shape index (κ3) is 4.07. The van der Waals surface area contributed by atoms with Crippen molar-refractivity contribution in [2.75, 3.05) is 26.7 Å². The highest BCUT2D eigenvalue weighted by Crippen LogP contribution is 2.24. The number of nitrogens with zero attached hydrogens (tertiary/aromatic N) is 2. The fourth-order valence-electron chi connectivity index (χ4n) is 3.85. The number of aromatic nitrogens is 1. The van der Waals surface area contributed by atoms with Crippen molar-refractivity contribution >= 4 is 17.4 Å². The molecule has 144 valence electrons. The Morgan fingerprint density at radius 3 is 2.89 bits per heavy atom. The van der Waals surface area contributed by atoms with Crippen molar-refractivity contribution < 1.29 is 9.53 Å². The van der Waals surface area contributed by atoms with E-state index in [1.165, 1.54) is 0 Å². The zero-order valence-corrected chi connectivity index (χ0v) is 16.4. The molecule has 1 aliphatic heterocycles. The van der Waals surface area contributed by atoms with Crippen molar-refractivity contribution in [3.8, 4) is 5.75 Å². The van der Waals surface area contributed by atoms with Crippen LogP contribution in [0.1, 0.15) is 41.7 Å². The van der Waals surface area contributed by atoms with Gasteiger partial charge >= 0.3 is 0 Å². The smallest absolute Gasteiger partial charge is 0.181 e. The van der Waals surface area contributed by atoms with Crippen LogP contribution in [0.5, 0.6) is 5.75 Å². The average molecular weight is 374 g/mol. The van der Waals surface area contributed by atoms with Crippen molar-refractivity contribution in [1.82, 2.24) is 9.88 Å². The van der Waals surface area contributed by atoms with E-state index in [1.54, 1.807) is 0 Å². The second kappa shape index (κ2) is 8.11. The van der Waals surface area contributed by atoms with Gasteiger partial charge in [-0.1, -0.05) is 30.4 Å². The summed E-state index contributed by atoms with van der Waals surface area (Å²) in [6.45, 7) is 6.70. The molecule has 0 unspecified atom stereocenters. The molecule has 4 heteroatoms. The third-order valence-corrected chi connectivity index (χ3v) is 5.34. The van der Waals surface area contributed by atoms with E-state index in [1.807, 2.05) is 24.3 Å². The molecule has 0 atom stereocenters. The standard InChI is InChI=1S/C24H26N2O2/c1-17-14-19-9-10-22-23(27)8-4-11-26(2)12-5-13-28-20-7-3-6-18(16-20)21(15-17)24(19)25-22/h3,6-7,9-10,14,16H,1,4-5,8,11-13,15H2,2H3. The maximum absolute atomic E-state index is 12.7. The van der Waals surface area contributed by atoms with Gasteiger partial charge in [-0.05, 0) is 68.3 Å². The monoisotopic (exact) mass is 374 g/mol. The summed E-state index contributed by atoms with van der Waals surface area (Å²) in [4.78, 5) is 19.7. The van der Waals surface area contributed by atoms with Gasteiger partial charge in [0.2, 0.25) is 0 Å². The Balaban J connectivity index is 1.84. The molecule has 2 heterocycles. The molecule has 0 amide bonds. The van der Waals surface area contributed by atoms with E-state index in [-0.39, 0.29) is 5.78 Å². The van der Waals surface area contributed by atoms with Crippen LogP contribution >= 0.6 is 0 Å². The number of carbonyl (C=O) groups excluding carboxylic acids is 1. The maximum Gasteiger partial charge on any atom is 0.181 e. The van der Waals surface area contributed by atoms with Crippen LogP contribution in [0.2, 0.25) is 0 Å². The summed E-state index contributed by atoms with van der Waals surface area (Å²) in [6, 6.07) is 12.0. The van der Waals surface area contributed by atoms with Gasteiger partial charge in [-0.3, -0.25) is 4.79 Å². The van der Waals surface area contributed by atoms with Gasteiger partial charge in [-0.2, -0.15) is 0 Å². The fraction of sp³-hybridized carbons (Fsp3) is 0.333. The van der Waals surface area contributed by atoms with Gasteiger partial charge in [0.1, 0.15) is 11.4 Å². The number of benzene rings is 1. The second-order valence-corrected chi connectivity index (χ2v) is 7.65. The van der Waals surface area contributed by atoms with E-state index in [2.05, 4.69) is 36.7 Å². The lowest BCUT2D eigenvalue weighted by atomic mass is 9.93. The van der Waals surface area contributed by atoms with E-state index >= 15 is 0 Å². The lowest BCUT2D eigenvalue weighted by molar-refractivity contribution is 0.0970. The normalized spacial score (nSPS) is 18.4. The molecule has 1 aliphatic carbocycles. The Morgan fingerprint density at radius 2 is 2.00 bits per heavy atom. The Morgan fingerprint density at radius 1 is 1.14 bits per heavy atom. The number of fused-ring (bicyclic) bond motifs is 4. The minimum absolute atomic E-state index is 0.115. The zero-order valence-electron chi connectivity index (χ0n) is 16.4. The van der Waals surface area contributed by atoms with Gasteiger partial charge in [-0.15, -0.1) is 0 Å². The molecule has 4 nitrogen and oxygen atoms in total.